The highest BCUT2D eigenvalue weighted by Gasteiger charge is 2.30. The smallest absolute Gasteiger partial charge is 0.257 e. The van der Waals surface area contributed by atoms with Crippen LogP contribution in [0.2, 0.25) is 0 Å². The summed E-state index contributed by atoms with van der Waals surface area (Å²) in [5.74, 6) is 1.90. The van der Waals surface area contributed by atoms with Crippen LogP contribution in [0.1, 0.15) is 56.8 Å². The minimum absolute atomic E-state index is 0.438. The maximum atomic E-state index is 5.68. The minimum atomic E-state index is 0.438. The lowest BCUT2D eigenvalue weighted by atomic mass is 9.73. The quantitative estimate of drug-likeness (QED) is 0.929. The van der Waals surface area contributed by atoms with Gasteiger partial charge in [-0.15, -0.1) is 0 Å². The number of hydrogen-bond acceptors (Lipinski definition) is 4. The lowest BCUT2D eigenvalue weighted by Gasteiger charge is -2.32. The summed E-state index contributed by atoms with van der Waals surface area (Å²) in [6.07, 6.45) is 4.75. The molecule has 0 saturated heterocycles. The molecule has 1 heterocycles. The van der Waals surface area contributed by atoms with E-state index in [2.05, 4.69) is 24.0 Å². The maximum Gasteiger partial charge on any atom is 0.257 e. The molecule has 1 aromatic heterocycles. The fourth-order valence-corrected chi connectivity index (χ4v) is 3.01. The Kier molecular flexibility index (Phi) is 3.81. The molecule has 1 saturated carbocycles. The molecule has 0 atom stereocenters. The van der Waals surface area contributed by atoms with Crippen LogP contribution >= 0.6 is 0 Å². The normalized spacial score (nSPS) is 18.8. The topological polar surface area (TPSA) is 64.9 Å². The van der Waals surface area contributed by atoms with Crippen LogP contribution in [0.25, 0.3) is 11.5 Å². The van der Waals surface area contributed by atoms with Gasteiger partial charge in [0.2, 0.25) is 0 Å². The van der Waals surface area contributed by atoms with Crippen molar-refractivity contribution in [2.45, 2.75) is 52.0 Å². The van der Waals surface area contributed by atoms with E-state index >= 15 is 0 Å². The van der Waals surface area contributed by atoms with E-state index in [-0.39, 0.29) is 0 Å². The summed E-state index contributed by atoms with van der Waals surface area (Å²) in [4.78, 5) is 4.61. The number of benzene rings is 1. The molecular weight excluding hydrogens is 262 g/mol. The molecule has 4 heteroatoms. The molecule has 0 spiro atoms. The van der Waals surface area contributed by atoms with Crippen LogP contribution in [-0.4, -0.2) is 10.1 Å². The molecule has 0 aliphatic heterocycles. The molecular formula is C17H23N3O. The van der Waals surface area contributed by atoms with Gasteiger partial charge in [-0.25, -0.2) is 0 Å². The van der Waals surface area contributed by atoms with Gasteiger partial charge in [0.05, 0.1) is 0 Å². The van der Waals surface area contributed by atoms with Gasteiger partial charge in [0.1, 0.15) is 0 Å². The SMILES string of the molecule is CC1(C)CCC(c2noc(-c3cccc(CN)c3)n2)CC1. The monoisotopic (exact) mass is 285 g/mol. The Morgan fingerprint density at radius 2 is 2.05 bits per heavy atom. The number of nitrogens with two attached hydrogens (primary N) is 1. The average Bonchev–Trinajstić information content (AvgIpc) is 2.97. The Labute approximate surface area is 125 Å². The molecule has 21 heavy (non-hydrogen) atoms. The van der Waals surface area contributed by atoms with Gasteiger partial charge >= 0.3 is 0 Å². The molecule has 0 amide bonds. The molecule has 0 bridgehead atoms. The number of aromatic nitrogens is 2. The van der Waals surface area contributed by atoms with E-state index in [1.54, 1.807) is 0 Å². The van der Waals surface area contributed by atoms with Crippen molar-refractivity contribution in [3.8, 4) is 11.5 Å². The third kappa shape index (κ3) is 3.16. The van der Waals surface area contributed by atoms with Crippen LogP contribution in [0.3, 0.4) is 0 Å². The summed E-state index contributed by atoms with van der Waals surface area (Å²) in [5, 5.41) is 4.20. The first-order valence-electron chi connectivity index (χ1n) is 7.70. The summed E-state index contributed by atoms with van der Waals surface area (Å²) in [6.45, 7) is 5.19. The molecule has 2 aromatic rings. The summed E-state index contributed by atoms with van der Waals surface area (Å²) < 4.78 is 5.45. The van der Waals surface area contributed by atoms with Crippen molar-refractivity contribution < 1.29 is 4.52 Å². The van der Waals surface area contributed by atoms with E-state index in [4.69, 9.17) is 10.3 Å². The van der Waals surface area contributed by atoms with Crippen LogP contribution in [-0.2, 0) is 6.54 Å². The molecule has 4 nitrogen and oxygen atoms in total. The second kappa shape index (κ2) is 5.60. The highest BCUT2D eigenvalue weighted by Crippen LogP contribution is 2.41. The van der Waals surface area contributed by atoms with Gasteiger partial charge in [-0.3, -0.25) is 0 Å². The van der Waals surface area contributed by atoms with Gasteiger partial charge in [-0.1, -0.05) is 31.1 Å². The highest BCUT2D eigenvalue weighted by atomic mass is 16.5. The molecule has 112 valence electrons. The molecule has 1 aliphatic rings. The third-order valence-electron chi connectivity index (χ3n) is 4.56. The molecule has 0 unspecified atom stereocenters. The van der Waals surface area contributed by atoms with Crippen LogP contribution in [0, 0.1) is 5.41 Å². The average molecular weight is 285 g/mol. The van der Waals surface area contributed by atoms with E-state index in [1.807, 2.05) is 24.3 Å². The predicted octanol–water partition coefficient (Wildman–Crippen LogP) is 3.88. The van der Waals surface area contributed by atoms with E-state index in [9.17, 15) is 0 Å². The van der Waals surface area contributed by atoms with E-state index < -0.39 is 0 Å². The minimum Gasteiger partial charge on any atom is -0.334 e. The van der Waals surface area contributed by atoms with Crippen molar-refractivity contribution in [1.82, 2.24) is 10.1 Å². The Balaban J connectivity index is 1.77. The van der Waals surface area contributed by atoms with Crippen molar-refractivity contribution in [1.29, 1.82) is 0 Å². The molecule has 1 fully saturated rings. The first-order valence-corrected chi connectivity index (χ1v) is 7.70. The van der Waals surface area contributed by atoms with Crippen molar-refractivity contribution in [3.05, 3.63) is 35.7 Å². The maximum absolute atomic E-state index is 5.68. The Morgan fingerprint density at radius 1 is 1.29 bits per heavy atom. The van der Waals surface area contributed by atoms with Crippen molar-refractivity contribution in [3.63, 3.8) is 0 Å². The summed E-state index contributed by atoms with van der Waals surface area (Å²) in [5.41, 5.74) is 8.16. The lowest BCUT2D eigenvalue weighted by molar-refractivity contribution is 0.218. The fourth-order valence-electron chi connectivity index (χ4n) is 3.01. The first kappa shape index (κ1) is 14.3. The third-order valence-corrected chi connectivity index (χ3v) is 4.56. The summed E-state index contributed by atoms with van der Waals surface area (Å²) >= 11 is 0. The van der Waals surface area contributed by atoms with Crippen LogP contribution in [0.4, 0.5) is 0 Å². The highest BCUT2D eigenvalue weighted by molar-refractivity contribution is 5.54. The predicted molar refractivity (Wildman–Crippen MR) is 82.6 cm³/mol. The second-order valence-corrected chi connectivity index (χ2v) is 6.80. The van der Waals surface area contributed by atoms with Crippen LogP contribution in [0.15, 0.2) is 28.8 Å². The zero-order chi connectivity index (χ0) is 14.9. The van der Waals surface area contributed by atoms with Gasteiger partial charge in [0, 0.05) is 18.0 Å². The van der Waals surface area contributed by atoms with Gasteiger partial charge in [-0.05, 0) is 48.8 Å². The van der Waals surface area contributed by atoms with Gasteiger partial charge in [0.15, 0.2) is 5.82 Å². The van der Waals surface area contributed by atoms with Gasteiger partial charge in [-0.2, -0.15) is 4.98 Å². The summed E-state index contributed by atoms with van der Waals surface area (Å²) in [7, 11) is 0. The van der Waals surface area contributed by atoms with Crippen LogP contribution in [0.5, 0.6) is 0 Å². The summed E-state index contributed by atoms with van der Waals surface area (Å²) in [6, 6.07) is 7.98. The van der Waals surface area contributed by atoms with Crippen molar-refractivity contribution in [2.24, 2.45) is 11.1 Å². The van der Waals surface area contributed by atoms with Crippen molar-refractivity contribution >= 4 is 0 Å². The zero-order valence-corrected chi connectivity index (χ0v) is 12.8. The van der Waals surface area contributed by atoms with Crippen molar-refractivity contribution in [2.75, 3.05) is 0 Å². The largest absolute Gasteiger partial charge is 0.334 e. The zero-order valence-electron chi connectivity index (χ0n) is 12.8. The first-order chi connectivity index (χ1) is 10.1. The fraction of sp³-hybridized carbons (Fsp3) is 0.529. The Morgan fingerprint density at radius 3 is 2.76 bits per heavy atom. The number of hydrogen-bond donors (Lipinski definition) is 1. The number of rotatable bonds is 3. The molecule has 0 radical (unpaired) electrons. The van der Waals surface area contributed by atoms with E-state index in [0.29, 0.717) is 23.8 Å². The Hall–Kier alpha value is -1.68. The molecule has 1 aliphatic carbocycles. The number of nitrogens with zero attached hydrogens (tertiary/aromatic N) is 2. The molecule has 1 aromatic carbocycles. The molecule has 2 N–H and O–H groups in total. The van der Waals surface area contributed by atoms with Gasteiger partial charge < -0.3 is 10.3 Å². The Bertz CT molecular complexity index is 608. The van der Waals surface area contributed by atoms with E-state index in [1.165, 1.54) is 12.8 Å². The second-order valence-electron chi connectivity index (χ2n) is 6.80. The standard InChI is InChI=1S/C17H23N3O/c1-17(2)8-6-13(7-9-17)15-19-16(21-20-15)14-5-3-4-12(10-14)11-18/h3-5,10,13H,6-9,11,18H2,1-2H3. The van der Waals surface area contributed by atoms with Gasteiger partial charge in [0.25, 0.3) is 5.89 Å². The van der Waals surface area contributed by atoms with Crippen LogP contribution < -0.4 is 5.73 Å². The molecule has 3 rings (SSSR count). The lowest BCUT2D eigenvalue weighted by Crippen LogP contribution is -2.20. The van der Waals surface area contributed by atoms with E-state index in [0.717, 1.165) is 29.8 Å².